The van der Waals surface area contributed by atoms with Gasteiger partial charge < -0.3 is 4.42 Å². The standard InChI is InChI=1S/C31H28NO/c1-18(2)21-10-11-25-24(15-21)12-13-32(5)30(25)29-20(4)19(3)14-27-26-16-22-8-6-7-9-23(22)17-28(26)33-31(27)29/h6-18H,1-5H3/q+1/i1D3,18D. The van der Waals surface area contributed by atoms with Crippen LogP contribution in [0.4, 0.5) is 0 Å². The van der Waals surface area contributed by atoms with Crippen molar-refractivity contribution in [2.45, 2.75) is 33.5 Å². The molecule has 0 amide bonds. The van der Waals surface area contributed by atoms with Crippen molar-refractivity contribution < 1.29 is 14.5 Å². The van der Waals surface area contributed by atoms with Crippen molar-refractivity contribution >= 4 is 43.5 Å². The SMILES string of the molecule is [2H]C([2H])([2H])C([2H])(C)c1ccc2c(-c3c(C)c(C)cc4c3oc3cc5ccccc5cc34)[n+](C)ccc2c1. The van der Waals surface area contributed by atoms with Gasteiger partial charge in [-0.05, 0) is 76.9 Å². The van der Waals surface area contributed by atoms with Crippen LogP contribution in [0.15, 0.2) is 77.3 Å². The fraction of sp³-hybridized carbons (Fsp3) is 0.194. The van der Waals surface area contributed by atoms with E-state index in [0.717, 1.165) is 54.9 Å². The molecule has 1 atom stereocenters. The zero-order valence-corrected chi connectivity index (χ0v) is 19.3. The first-order valence-corrected chi connectivity index (χ1v) is 11.3. The average Bonchev–Trinajstić information content (AvgIpc) is 3.19. The van der Waals surface area contributed by atoms with E-state index in [2.05, 4.69) is 54.8 Å². The first-order valence-electron chi connectivity index (χ1n) is 13.3. The number of hydrogen-bond acceptors (Lipinski definition) is 1. The topological polar surface area (TPSA) is 17.0 Å². The average molecular weight is 435 g/mol. The second kappa shape index (κ2) is 7.18. The lowest BCUT2D eigenvalue weighted by molar-refractivity contribution is -0.659. The smallest absolute Gasteiger partial charge is 0.224 e. The molecule has 0 radical (unpaired) electrons. The Hall–Kier alpha value is -3.65. The molecule has 0 fully saturated rings. The molecule has 1 unspecified atom stereocenters. The third-order valence-electron chi connectivity index (χ3n) is 6.96. The van der Waals surface area contributed by atoms with Crippen molar-refractivity contribution in [3.05, 3.63) is 89.6 Å². The van der Waals surface area contributed by atoms with Gasteiger partial charge in [-0.1, -0.05) is 50.2 Å². The van der Waals surface area contributed by atoms with Crippen molar-refractivity contribution in [2.75, 3.05) is 0 Å². The number of nitrogens with zero attached hydrogens (tertiary/aromatic N) is 1. The van der Waals surface area contributed by atoms with Crippen LogP contribution in [0, 0.1) is 13.8 Å². The Morgan fingerprint density at radius 1 is 0.879 bits per heavy atom. The molecule has 0 aliphatic rings. The number of fused-ring (bicyclic) bond motifs is 5. The summed E-state index contributed by atoms with van der Waals surface area (Å²) in [5, 5.41) is 6.35. The van der Waals surface area contributed by atoms with E-state index in [4.69, 9.17) is 9.90 Å². The quantitative estimate of drug-likeness (QED) is 0.251. The second-order valence-electron chi connectivity index (χ2n) is 9.07. The Balaban J connectivity index is 1.68. The van der Waals surface area contributed by atoms with Crippen molar-refractivity contribution in [1.82, 2.24) is 0 Å². The van der Waals surface area contributed by atoms with E-state index < -0.39 is 12.7 Å². The van der Waals surface area contributed by atoms with Crippen LogP contribution in [0.3, 0.4) is 0 Å². The minimum absolute atomic E-state index is 0.473. The zero-order chi connectivity index (χ0) is 26.3. The number of aromatic nitrogens is 1. The predicted molar refractivity (Wildman–Crippen MR) is 139 cm³/mol. The van der Waals surface area contributed by atoms with Gasteiger partial charge in [0.25, 0.3) is 0 Å². The van der Waals surface area contributed by atoms with Gasteiger partial charge in [0.1, 0.15) is 18.2 Å². The molecule has 2 nitrogen and oxygen atoms in total. The fourth-order valence-corrected chi connectivity index (χ4v) is 5.03. The highest BCUT2D eigenvalue weighted by Gasteiger charge is 2.25. The van der Waals surface area contributed by atoms with Gasteiger partial charge in [0.2, 0.25) is 5.69 Å². The second-order valence-corrected chi connectivity index (χ2v) is 9.07. The summed E-state index contributed by atoms with van der Waals surface area (Å²) in [4.78, 5) is 0. The van der Waals surface area contributed by atoms with Crippen LogP contribution in [0.25, 0.3) is 54.7 Å². The molecular weight excluding hydrogens is 402 g/mol. The number of aryl methyl sites for hydroxylation is 2. The molecule has 0 saturated heterocycles. The van der Waals surface area contributed by atoms with Crippen molar-refractivity contribution in [2.24, 2.45) is 7.05 Å². The van der Waals surface area contributed by atoms with Crippen LogP contribution < -0.4 is 4.57 Å². The molecule has 4 aromatic carbocycles. The molecule has 33 heavy (non-hydrogen) atoms. The van der Waals surface area contributed by atoms with E-state index >= 15 is 0 Å². The summed E-state index contributed by atoms with van der Waals surface area (Å²) in [6.45, 7) is 3.28. The van der Waals surface area contributed by atoms with Crippen molar-refractivity contribution in [1.29, 1.82) is 0 Å². The van der Waals surface area contributed by atoms with E-state index in [1.807, 2.05) is 37.5 Å². The Morgan fingerprint density at radius 2 is 1.67 bits per heavy atom. The van der Waals surface area contributed by atoms with Crippen molar-refractivity contribution in [3.8, 4) is 11.3 Å². The van der Waals surface area contributed by atoms with E-state index in [1.54, 1.807) is 6.07 Å². The Bertz CT molecular complexity index is 1880. The van der Waals surface area contributed by atoms with Crippen LogP contribution in [-0.2, 0) is 7.05 Å². The number of rotatable bonds is 2. The molecular formula is C31H28NO+. The highest BCUT2D eigenvalue weighted by molar-refractivity contribution is 6.15. The first kappa shape index (κ1) is 16.0. The number of hydrogen-bond donors (Lipinski definition) is 0. The lowest BCUT2D eigenvalue weighted by Crippen LogP contribution is -2.31. The predicted octanol–water partition coefficient (Wildman–Crippen LogP) is 8.12. The summed E-state index contributed by atoms with van der Waals surface area (Å²) in [6, 6.07) is 22.4. The van der Waals surface area contributed by atoms with Gasteiger partial charge in [-0.2, -0.15) is 0 Å². The van der Waals surface area contributed by atoms with Crippen LogP contribution in [0.5, 0.6) is 0 Å². The molecule has 2 heterocycles. The molecule has 6 aromatic rings. The maximum Gasteiger partial charge on any atom is 0.224 e. The van der Waals surface area contributed by atoms with Gasteiger partial charge >= 0.3 is 0 Å². The van der Waals surface area contributed by atoms with E-state index in [1.165, 1.54) is 17.9 Å². The van der Waals surface area contributed by atoms with E-state index in [-0.39, 0.29) is 0 Å². The van der Waals surface area contributed by atoms with Crippen molar-refractivity contribution in [3.63, 3.8) is 0 Å². The highest BCUT2D eigenvalue weighted by atomic mass is 16.3. The number of benzene rings is 4. The fourth-order valence-electron chi connectivity index (χ4n) is 5.03. The third-order valence-corrected chi connectivity index (χ3v) is 6.96. The van der Waals surface area contributed by atoms with Gasteiger partial charge in [-0.3, -0.25) is 0 Å². The van der Waals surface area contributed by atoms with Crippen LogP contribution in [0.2, 0.25) is 0 Å². The summed E-state index contributed by atoms with van der Waals surface area (Å²) in [7, 11) is 2.02. The molecule has 162 valence electrons. The summed E-state index contributed by atoms with van der Waals surface area (Å²) in [5.74, 6) is -1.70. The van der Waals surface area contributed by atoms with Gasteiger partial charge in [0.05, 0.1) is 10.9 Å². The number of furan rings is 1. The van der Waals surface area contributed by atoms with E-state index in [0.29, 0.717) is 5.56 Å². The van der Waals surface area contributed by atoms with Gasteiger partial charge in [0, 0.05) is 22.3 Å². The summed E-state index contributed by atoms with van der Waals surface area (Å²) in [6.07, 6.45) is 1.99. The minimum Gasteiger partial charge on any atom is -0.455 e. The minimum atomic E-state index is -2.43. The molecule has 0 spiro atoms. The largest absolute Gasteiger partial charge is 0.455 e. The molecule has 2 aromatic heterocycles. The molecule has 0 N–H and O–H groups in total. The maximum atomic E-state index is 8.56. The van der Waals surface area contributed by atoms with Gasteiger partial charge in [0.15, 0.2) is 6.20 Å². The highest BCUT2D eigenvalue weighted by Crippen LogP contribution is 2.41. The molecule has 0 aliphatic heterocycles. The maximum absolute atomic E-state index is 8.56. The monoisotopic (exact) mass is 434 g/mol. The summed E-state index contributed by atoms with van der Waals surface area (Å²) in [5.41, 5.74) is 6.51. The molecule has 2 heteroatoms. The molecule has 6 rings (SSSR count). The first-order chi connectivity index (χ1) is 17.5. The Labute approximate surface area is 199 Å². The van der Waals surface area contributed by atoms with Crippen LogP contribution in [-0.4, -0.2) is 0 Å². The normalized spacial score (nSPS) is 16.0. The molecule has 0 saturated carbocycles. The van der Waals surface area contributed by atoms with Gasteiger partial charge in [-0.25, -0.2) is 4.57 Å². The Morgan fingerprint density at radius 3 is 2.45 bits per heavy atom. The van der Waals surface area contributed by atoms with Crippen LogP contribution in [0.1, 0.15) is 41.8 Å². The lowest BCUT2D eigenvalue weighted by Gasteiger charge is -2.12. The van der Waals surface area contributed by atoms with Gasteiger partial charge in [-0.15, -0.1) is 0 Å². The molecule has 0 bridgehead atoms. The summed E-state index contributed by atoms with van der Waals surface area (Å²) >= 11 is 0. The van der Waals surface area contributed by atoms with Crippen LogP contribution >= 0.6 is 0 Å². The lowest BCUT2D eigenvalue weighted by atomic mass is 9.92. The molecule has 0 aliphatic carbocycles. The van der Waals surface area contributed by atoms with E-state index in [9.17, 15) is 0 Å². The third kappa shape index (κ3) is 2.97. The number of pyridine rings is 1. The summed E-state index contributed by atoms with van der Waals surface area (Å²) < 4.78 is 40.9. The Kier molecular flexibility index (Phi) is 3.49. The zero-order valence-electron chi connectivity index (χ0n) is 23.3.